The second-order valence-electron chi connectivity index (χ2n) is 2.56. The molecule has 0 aliphatic carbocycles. The van der Waals surface area contributed by atoms with E-state index in [1.54, 1.807) is 18.2 Å². The molecular formula is C9H8NO2+. The third kappa shape index (κ3) is 0.871. The Morgan fingerprint density at radius 2 is 1.75 bits per heavy atom. The van der Waals surface area contributed by atoms with Gasteiger partial charge < -0.3 is 5.11 Å². The van der Waals surface area contributed by atoms with Crippen LogP contribution in [0, 0.1) is 0 Å². The summed E-state index contributed by atoms with van der Waals surface area (Å²) in [4.78, 5) is 0. The monoisotopic (exact) mass is 162 g/mol. The predicted octanol–water partition coefficient (Wildman–Crippen LogP) is 1.07. The molecule has 0 radical (unpaired) electrons. The average Bonchev–Trinajstić information content (AvgIpc) is 2.12. The number of nitrogens with zero attached hydrogens (tertiary/aromatic N) is 1. The Balaban J connectivity index is 2.91. The number of para-hydroxylation sites is 1. The second-order valence-corrected chi connectivity index (χ2v) is 2.56. The van der Waals surface area contributed by atoms with Gasteiger partial charge in [0.2, 0.25) is 0 Å². The fourth-order valence-electron chi connectivity index (χ4n) is 1.18. The van der Waals surface area contributed by atoms with Crippen molar-refractivity contribution in [1.82, 2.24) is 0 Å². The van der Waals surface area contributed by atoms with Crippen LogP contribution >= 0.6 is 0 Å². The molecule has 12 heavy (non-hydrogen) atoms. The van der Waals surface area contributed by atoms with Gasteiger partial charge in [-0.1, -0.05) is 12.1 Å². The molecule has 0 unspecified atom stereocenters. The van der Waals surface area contributed by atoms with Gasteiger partial charge in [-0.15, -0.1) is 0 Å². The summed E-state index contributed by atoms with van der Waals surface area (Å²) in [5, 5.41) is 19.3. The smallest absolute Gasteiger partial charge is 0.415 e. The van der Waals surface area contributed by atoms with E-state index in [1.165, 1.54) is 6.07 Å². The number of fused-ring (bicyclic) bond motifs is 1. The van der Waals surface area contributed by atoms with Crippen LogP contribution in [0.25, 0.3) is 10.9 Å². The molecule has 0 spiro atoms. The summed E-state index contributed by atoms with van der Waals surface area (Å²) >= 11 is 0. The summed E-state index contributed by atoms with van der Waals surface area (Å²) in [7, 11) is 0. The molecular weight excluding hydrogens is 154 g/mol. The highest BCUT2D eigenvalue weighted by Crippen LogP contribution is 2.11. The summed E-state index contributed by atoms with van der Waals surface area (Å²) in [5.41, 5.74) is 0.595. The molecule has 3 heteroatoms. The summed E-state index contributed by atoms with van der Waals surface area (Å²) in [6, 6.07) is 10.5. The van der Waals surface area contributed by atoms with Gasteiger partial charge in [0.15, 0.2) is 0 Å². The van der Waals surface area contributed by atoms with E-state index >= 15 is 0 Å². The minimum absolute atomic E-state index is 0.159. The van der Waals surface area contributed by atoms with Gasteiger partial charge in [-0.25, -0.2) is 0 Å². The van der Waals surface area contributed by atoms with Crippen LogP contribution < -0.4 is 4.73 Å². The summed E-state index contributed by atoms with van der Waals surface area (Å²) in [6.45, 7) is 0. The van der Waals surface area contributed by atoms with Crippen LogP contribution in [0.1, 0.15) is 0 Å². The van der Waals surface area contributed by atoms with Crippen LogP contribution in [0.15, 0.2) is 36.4 Å². The van der Waals surface area contributed by atoms with E-state index in [4.69, 9.17) is 5.11 Å². The van der Waals surface area contributed by atoms with E-state index in [2.05, 4.69) is 0 Å². The molecule has 0 aliphatic heterocycles. The number of hydrogen-bond acceptors (Lipinski definition) is 2. The van der Waals surface area contributed by atoms with Crippen molar-refractivity contribution in [1.29, 1.82) is 0 Å². The van der Waals surface area contributed by atoms with Gasteiger partial charge in [-0.05, 0) is 12.1 Å². The fraction of sp³-hybridized carbons (Fsp3) is 0. The summed E-state index contributed by atoms with van der Waals surface area (Å²) in [5.74, 6) is -0.159. The van der Waals surface area contributed by atoms with E-state index < -0.39 is 0 Å². The molecule has 3 nitrogen and oxygen atoms in total. The zero-order chi connectivity index (χ0) is 8.55. The first kappa shape index (κ1) is 6.91. The highest BCUT2D eigenvalue weighted by Gasteiger charge is 2.12. The topological polar surface area (TPSA) is 44.3 Å². The molecule has 1 aromatic heterocycles. The molecule has 2 N–H and O–H groups in total. The highest BCUT2D eigenvalue weighted by atomic mass is 16.5. The van der Waals surface area contributed by atoms with E-state index in [-0.39, 0.29) is 5.88 Å². The SMILES string of the molecule is Oc1ccc2ccccc2[n+]1O. The minimum Gasteiger partial charge on any atom is -0.457 e. The molecule has 0 saturated carbocycles. The van der Waals surface area contributed by atoms with Gasteiger partial charge in [-0.2, -0.15) is 0 Å². The zero-order valence-corrected chi connectivity index (χ0v) is 6.31. The Bertz CT molecular complexity index is 426. The molecule has 2 rings (SSSR count). The minimum atomic E-state index is -0.159. The van der Waals surface area contributed by atoms with Crippen LogP contribution in [0.2, 0.25) is 0 Å². The molecule has 0 atom stereocenters. The maximum atomic E-state index is 9.32. The first-order valence-electron chi connectivity index (χ1n) is 3.61. The molecule has 0 bridgehead atoms. The number of benzene rings is 1. The Morgan fingerprint density at radius 3 is 2.58 bits per heavy atom. The molecule has 0 saturated heterocycles. The van der Waals surface area contributed by atoms with Crippen molar-refractivity contribution >= 4 is 10.9 Å². The van der Waals surface area contributed by atoms with Crippen molar-refractivity contribution in [3.8, 4) is 5.88 Å². The fourth-order valence-corrected chi connectivity index (χ4v) is 1.18. The van der Waals surface area contributed by atoms with Gasteiger partial charge in [0.1, 0.15) is 0 Å². The van der Waals surface area contributed by atoms with Gasteiger partial charge in [0, 0.05) is 6.07 Å². The predicted molar refractivity (Wildman–Crippen MR) is 43.0 cm³/mol. The maximum absolute atomic E-state index is 9.32. The number of pyridine rings is 1. The van der Waals surface area contributed by atoms with Crippen LogP contribution in [0.4, 0.5) is 0 Å². The number of aromatic hydroxyl groups is 1. The molecule has 2 aromatic rings. The number of rotatable bonds is 0. The van der Waals surface area contributed by atoms with Crippen LogP contribution in [0.5, 0.6) is 5.88 Å². The molecule has 0 amide bonds. The Kier molecular flexibility index (Phi) is 1.37. The Morgan fingerprint density at radius 1 is 1.00 bits per heavy atom. The van der Waals surface area contributed by atoms with Gasteiger partial charge in [-0.3, -0.25) is 5.21 Å². The van der Waals surface area contributed by atoms with Crippen molar-refractivity contribution in [2.24, 2.45) is 0 Å². The van der Waals surface area contributed by atoms with Crippen molar-refractivity contribution < 1.29 is 15.0 Å². The third-order valence-electron chi connectivity index (χ3n) is 1.79. The second kappa shape index (κ2) is 2.37. The van der Waals surface area contributed by atoms with E-state index in [9.17, 15) is 5.21 Å². The summed E-state index contributed by atoms with van der Waals surface area (Å²) in [6.07, 6.45) is 0. The van der Waals surface area contributed by atoms with Crippen molar-refractivity contribution in [2.45, 2.75) is 0 Å². The molecule has 1 aromatic carbocycles. The van der Waals surface area contributed by atoms with Crippen LogP contribution in [-0.4, -0.2) is 10.3 Å². The number of aromatic nitrogens is 1. The number of hydrogen-bond donors (Lipinski definition) is 2. The molecule has 0 aliphatic rings. The lowest BCUT2D eigenvalue weighted by Gasteiger charge is -1.92. The standard InChI is InChI=1S/C9H7NO2/c11-9-6-5-7-3-1-2-4-8(7)10(9)12/h1-6,12H/p+1. The van der Waals surface area contributed by atoms with Gasteiger partial charge >= 0.3 is 5.88 Å². The normalized spacial score (nSPS) is 10.3. The zero-order valence-electron chi connectivity index (χ0n) is 6.31. The van der Waals surface area contributed by atoms with Crippen molar-refractivity contribution in [2.75, 3.05) is 0 Å². The van der Waals surface area contributed by atoms with E-state index in [0.717, 1.165) is 10.1 Å². The van der Waals surface area contributed by atoms with Crippen molar-refractivity contribution in [3.05, 3.63) is 36.4 Å². The van der Waals surface area contributed by atoms with E-state index in [0.29, 0.717) is 5.52 Å². The van der Waals surface area contributed by atoms with Crippen LogP contribution in [0.3, 0.4) is 0 Å². The lowest BCUT2D eigenvalue weighted by atomic mass is 10.2. The lowest BCUT2D eigenvalue weighted by molar-refractivity contribution is -0.887. The third-order valence-corrected chi connectivity index (χ3v) is 1.79. The van der Waals surface area contributed by atoms with Gasteiger partial charge in [0.05, 0.1) is 16.2 Å². The first-order chi connectivity index (χ1) is 5.79. The Labute approximate surface area is 69.1 Å². The van der Waals surface area contributed by atoms with Crippen molar-refractivity contribution in [3.63, 3.8) is 0 Å². The average molecular weight is 162 g/mol. The van der Waals surface area contributed by atoms with Crippen LogP contribution in [-0.2, 0) is 0 Å². The lowest BCUT2D eigenvalue weighted by Crippen LogP contribution is -2.30. The quantitative estimate of drug-likeness (QED) is 0.449. The molecule has 1 heterocycles. The van der Waals surface area contributed by atoms with E-state index in [1.807, 2.05) is 12.1 Å². The highest BCUT2D eigenvalue weighted by molar-refractivity contribution is 5.75. The molecule has 60 valence electrons. The summed E-state index contributed by atoms with van der Waals surface area (Å²) < 4.78 is 0.759. The maximum Gasteiger partial charge on any atom is 0.415 e. The first-order valence-corrected chi connectivity index (χ1v) is 3.61. The Hall–Kier alpha value is -1.77. The van der Waals surface area contributed by atoms with Gasteiger partial charge in [0.25, 0.3) is 5.52 Å². The largest absolute Gasteiger partial charge is 0.457 e. The molecule has 0 fully saturated rings.